The second-order valence-corrected chi connectivity index (χ2v) is 7.64. The number of fused-ring (bicyclic) bond motifs is 2. The topological polar surface area (TPSA) is 133 Å². The summed E-state index contributed by atoms with van der Waals surface area (Å²) in [6, 6.07) is 7.42. The highest BCUT2D eigenvalue weighted by Crippen LogP contribution is 2.28. The number of nitro groups is 1. The first-order chi connectivity index (χ1) is 14.1. The summed E-state index contributed by atoms with van der Waals surface area (Å²) in [4.78, 5) is 47.1. The minimum atomic E-state index is -0.712. The summed E-state index contributed by atoms with van der Waals surface area (Å²) in [5.41, 5.74) is -0.0117. The Morgan fingerprint density at radius 3 is 2.73 bits per heavy atom. The number of pyridine rings is 1. The number of aromatic amines is 1. The Labute approximate surface area is 169 Å². The van der Waals surface area contributed by atoms with Crippen molar-refractivity contribution >= 4 is 33.8 Å². The molecule has 0 amide bonds. The number of hydrogen-bond donors (Lipinski definition) is 1. The number of hydrogen-bond acceptors (Lipinski definition) is 7. The maximum absolute atomic E-state index is 12.7. The predicted molar refractivity (Wildman–Crippen MR) is 109 cm³/mol. The van der Waals surface area contributed by atoms with Crippen LogP contribution < -0.4 is 5.56 Å². The van der Waals surface area contributed by atoms with Gasteiger partial charge in [-0.05, 0) is 39.0 Å². The van der Waals surface area contributed by atoms with Crippen LogP contribution in [0.25, 0.3) is 33.3 Å². The lowest BCUT2D eigenvalue weighted by atomic mass is 10.1. The van der Waals surface area contributed by atoms with Gasteiger partial charge in [-0.15, -0.1) is 0 Å². The summed E-state index contributed by atoms with van der Waals surface area (Å²) in [6.07, 6.45) is 2.36. The van der Waals surface area contributed by atoms with E-state index >= 15 is 0 Å². The molecule has 0 unspecified atom stereocenters. The molecule has 10 nitrogen and oxygen atoms in total. The zero-order valence-electron chi connectivity index (χ0n) is 16.4. The van der Waals surface area contributed by atoms with Crippen LogP contribution >= 0.6 is 0 Å². The van der Waals surface area contributed by atoms with Gasteiger partial charge in [0.2, 0.25) is 0 Å². The van der Waals surface area contributed by atoms with Crippen molar-refractivity contribution in [1.29, 1.82) is 0 Å². The maximum atomic E-state index is 12.7. The lowest BCUT2D eigenvalue weighted by Crippen LogP contribution is -2.26. The molecule has 3 heterocycles. The maximum Gasteiger partial charge on any atom is 0.420 e. The van der Waals surface area contributed by atoms with E-state index in [1.807, 2.05) is 0 Å². The minimum absolute atomic E-state index is 0.0664. The quantitative estimate of drug-likeness (QED) is 0.396. The number of nitrogens with one attached hydrogen (secondary N) is 1. The molecule has 0 saturated carbocycles. The van der Waals surface area contributed by atoms with Crippen LogP contribution in [0.15, 0.2) is 47.5 Å². The molecule has 0 radical (unpaired) electrons. The highest BCUT2D eigenvalue weighted by Gasteiger charge is 2.23. The van der Waals surface area contributed by atoms with Crippen molar-refractivity contribution in [3.63, 3.8) is 0 Å². The van der Waals surface area contributed by atoms with Crippen LogP contribution in [-0.4, -0.2) is 36.1 Å². The molecule has 0 saturated heterocycles. The Morgan fingerprint density at radius 2 is 2.03 bits per heavy atom. The van der Waals surface area contributed by atoms with Gasteiger partial charge in [0, 0.05) is 35.5 Å². The van der Waals surface area contributed by atoms with E-state index < -0.39 is 22.2 Å². The van der Waals surface area contributed by atoms with Gasteiger partial charge in [-0.1, -0.05) is 0 Å². The van der Waals surface area contributed by atoms with Gasteiger partial charge in [-0.25, -0.2) is 19.3 Å². The monoisotopic (exact) mass is 407 g/mol. The summed E-state index contributed by atoms with van der Waals surface area (Å²) < 4.78 is 6.66. The Bertz CT molecular complexity index is 1380. The molecular weight excluding hydrogens is 390 g/mol. The van der Waals surface area contributed by atoms with Gasteiger partial charge in [0.05, 0.1) is 16.0 Å². The molecule has 4 rings (SSSR count). The normalized spacial score (nSPS) is 11.7. The second kappa shape index (κ2) is 6.76. The zero-order valence-corrected chi connectivity index (χ0v) is 16.4. The summed E-state index contributed by atoms with van der Waals surface area (Å²) in [5, 5.41) is 11.5. The standard InChI is InChI=1S/C20H17N5O5/c1-20(2,3)30-19(27)24-10-13(12-5-4-8-21-17(12)24)16-18(26)23-15-9-11(25(28)29)6-7-14(15)22-16/h4-10H,1-3H3,(H,23,26). The molecule has 1 aromatic carbocycles. The number of rotatable bonds is 2. The van der Waals surface area contributed by atoms with Crippen LogP contribution in [0.1, 0.15) is 20.8 Å². The molecule has 0 atom stereocenters. The molecule has 10 heteroatoms. The lowest BCUT2D eigenvalue weighted by molar-refractivity contribution is -0.384. The van der Waals surface area contributed by atoms with Crippen molar-refractivity contribution in [2.45, 2.75) is 26.4 Å². The summed E-state index contributed by atoms with van der Waals surface area (Å²) in [7, 11) is 0. The minimum Gasteiger partial charge on any atom is -0.443 e. The molecule has 0 aliphatic rings. The molecule has 30 heavy (non-hydrogen) atoms. The van der Waals surface area contributed by atoms with Crippen LogP contribution in [0.4, 0.5) is 10.5 Å². The first-order valence-corrected chi connectivity index (χ1v) is 9.02. The molecule has 152 valence electrons. The Kier molecular flexibility index (Phi) is 4.34. The average molecular weight is 407 g/mol. The SMILES string of the molecule is CC(C)(C)OC(=O)n1cc(-c2nc3ccc([N+](=O)[O-])cc3[nH]c2=O)c2cccnc21. The Morgan fingerprint density at radius 1 is 1.27 bits per heavy atom. The third-order valence-corrected chi connectivity index (χ3v) is 4.30. The van der Waals surface area contributed by atoms with E-state index in [9.17, 15) is 19.7 Å². The Hall–Kier alpha value is -4.08. The number of aromatic nitrogens is 4. The van der Waals surface area contributed by atoms with Gasteiger partial charge >= 0.3 is 6.09 Å². The third kappa shape index (κ3) is 3.39. The first kappa shape index (κ1) is 19.2. The zero-order chi connectivity index (χ0) is 21.6. The van der Waals surface area contributed by atoms with Crippen LogP contribution in [-0.2, 0) is 4.74 Å². The fraction of sp³-hybridized carbons (Fsp3) is 0.200. The fourth-order valence-electron chi connectivity index (χ4n) is 3.07. The number of nitrogens with zero attached hydrogens (tertiary/aromatic N) is 4. The highest BCUT2D eigenvalue weighted by molar-refractivity contribution is 5.98. The van der Waals surface area contributed by atoms with E-state index in [2.05, 4.69) is 15.0 Å². The largest absolute Gasteiger partial charge is 0.443 e. The van der Waals surface area contributed by atoms with Gasteiger partial charge in [0.15, 0.2) is 0 Å². The van der Waals surface area contributed by atoms with E-state index in [4.69, 9.17) is 4.74 Å². The van der Waals surface area contributed by atoms with Crippen molar-refractivity contribution in [1.82, 2.24) is 19.5 Å². The molecule has 0 spiro atoms. The lowest BCUT2D eigenvalue weighted by Gasteiger charge is -2.19. The Balaban J connectivity index is 1.91. The molecule has 0 aliphatic carbocycles. The molecule has 0 aliphatic heterocycles. The van der Waals surface area contributed by atoms with Crippen molar-refractivity contribution in [2.75, 3.05) is 0 Å². The second-order valence-electron chi connectivity index (χ2n) is 7.64. The molecule has 4 aromatic rings. The number of ether oxygens (including phenoxy) is 1. The van der Waals surface area contributed by atoms with E-state index in [-0.39, 0.29) is 16.9 Å². The van der Waals surface area contributed by atoms with Gasteiger partial charge < -0.3 is 9.72 Å². The predicted octanol–water partition coefficient (Wildman–Crippen LogP) is 3.63. The molecule has 3 aromatic heterocycles. The molecular formula is C20H17N5O5. The van der Waals surface area contributed by atoms with Crippen molar-refractivity contribution < 1.29 is 14.5 Å². The van der Waals surface area contributed by atoms with E-state index in [1.165, 1.54) is 35.2 Å². The number of carbonyl (C=O) groups is 1. The summed E-state index contributed by atoms with van der Waals surface area (Å²) in [5.74, 6) is 0. The van der Waals surface area contributed by atoms with Gasteiger partial charge in [0.1, 0.15) is 16.9 Å². The number of nitro benzene ring substituents is 1. The van der Waals surface area contributed by atoms with E-state index in [0.717, 1.165) is 0 Å². The van der Waals surface area contributed by atoms with Crippen LogP contribution in [0, 0.1) is 10.1 Å². The number of carbonyl (C=O) groups excluding carboxylic acids is 1. The number of H-pyrrole nitrogens is 1. The van der Waals surface area contributed by atoms with Gasteiger partial charge in [-0.3, -0.25) is 14.9 Å². The average Bonchev–Trinajstić information content (AvgIpc) is 3.05. The smallest absolute Gasteiger partial charge is 0.420 e. The van der Waals surface area contributed by atoms with E-state index in [1.54, 1.807) is 32.9 Å². The summed E-state index contributed by atoms with van der Waals surface area (Å²) >= 11 is 0. The van der Waals surface area contributed by atoms with Crippen LogP contribution in [0.5, 0.6) is 0 Å². The molecule has 0 bridgehead atoms. The van der Waals surface area contributed by atoms with E-state index in [0.29, 0.717) is 22.1 Å². The van der Waals surface area contributed by atoms with Crippen molar-refractivity contribution in [2.24, 2.45) is 0 Å². The fourth-order valence-corrected chi connectivity index (χ4v) is 3.07. The number of benzene rings is 1. The first-order valence-electron chi connectivity index (χ1n) is 9.02. The molecule has 1 N–H and O–H groups in total. The third-order valence-electron chi connectivity index (χ3n) is 4.30. The molecule has 0 fully saturated rings. The van der Waals surface area contributed by atoms with Crippen molar-refractivity contribution in [3.8, 4) is 11.3 Å². The van der Waals surface area contributed by atoms with Gasteiger partial charge in [-0.2, -0.15) is 0 Å². The highest BCUT2D eigenvalue weighted by atomic mass is 16.6. The van der Waals surface area contributed by atoms with Gasteiger partial charge in [0.25, 0.3) is 11.2 Å². The summed E-state index contributed by atoms with van der Waals surface area (Å²) in [6.45, 7) is 5.25. The number of non-ortho nitro benzene ring substituents is 1. The van der Waals surface area contributed by atoms with Crippen LogP contribution in [0.2, 0.25) is 0 Å². The van der Waals surface area contributed by atoms with Crippen molar-refractivity contribution in [3.05, 3.63) is 63.2 Å². The van der Waals surface area contributed by atoms with Crippen LogP contribution in [0.3, 0.4) is 0 Å².